The molecule has 1 aromatic heterocycles. The van der Waals surface area contributed by atoms with Crippen molar-refractivity contribution in [2.24, 2.45) is 7.05 Å². The van der Waals surface area contributed by atoms with Crippen molar-refractivity contribution < 1.29 is 14.6 Å². The highest BCUT2D eigenvalue weighted by atomic mass is 16.5. The topological polar surface area (TPSA) is 51.5 Å². The fraction of sp³-hybridized carbons (Fsp3) is 0.312. The van der Waals surface area contributed by atoms with Gasteiger partial charge in [-0.2, -0.15) is 0 Å². The molecule has 2 heterocycles. The lowest BCUT2D eigenvalue weighted by atomic mass is 10.0. The van der Waals surface area contributed by atoms with Crippen molar-refractivity contribution in [2.75, 3.05) is 6.61 Å². The first-order valence-electron chi connectivity index (χ1n) is 6.78. The van der Waals surface area contributed by atoms with Crippen molar-refractivity contribution in [1.82, 2.24) is 4.57 Å². The summed E-state index contributed by atoms with van der Waals surface area (Å²) in [4.78, 5) is 11.7. The normalized spacial score (nSPS) is 18.4. The first-order chi connectivity index (χ1) is 9.68. The molecule has 1 aliphatic heterocycles. The van der Waals surface area contributed by atoms with Gasteiger partial charge in [0.1, 0.15) is 0 Å². The van der Waals surface area contributed by atoms with Crippen molar-refractivity contribution in [3.63, 3.8) is 0 Å². The Labute approximate surface area is 117 Å². The average Bonchev–Trinajstić information content (AvgIpc) is 3.06. The molecule has 2 aromatic rings. The van der Waals surface area contributed by atoms with E-state index in [1.54, 1.807) is 0 Å². The average molecular weight is 271 g/mol. The highest BCUT2D eigenvalue weighted by Gasteiger charge is 2.29. The predicted molar refractivity (Wildman–Crippen MR) is 75.7 cm³/mol. The van der Waals surface area contributed by atoms with Crippen LogP contribution in [0.2, 0.25) is 0 Å². The van der Waals surface area contributed by atoms with Gasteiger partial charge in [0, 0.05) is 25.4 Å². The molecule has 0 amide bonds. The molecule has 0 saturated carbocycles. The smallest absolute Gasteiger partial charge is 0.338 e. The van der Waals surface area contributed by atoms with Crippen molar-refractivity contribution in [3.8, 4) is 11.1 Å². The summed E-state index contributed by atoms with van der Waals surface area (Å²) in [6.45, 7) is 0.704. The Morgan fingerprint density at radius 3 is 2.70 bits per heavy atom. The zero-order valence-corrected chi connectivity index (χ0v) is 11.4. The molecule has 104 valence electrons. The van der Waals surface area contributed by atoms with Crippen LogP contribution in [0, 0.1) is 0 Å². The van der Waals surface area contributed by atoms with Gasteiger partial charge in [0.05, 0.1) is 17.4 Å². The van der Waals surface area contributed by atoms with Crippen LogP contribution in [0.4, 0.5) is 0 Å². The van der Waals surface area contributed by atoms with Crippen LogP contribution in [0.1, 0.15) is 35.0 Å². The molecule has 1 fully saturated rings. The molecule has 0 spiro atoms. The lowest BCUT2D eigenvalue weighted by Gasteiger charge is -2.12. The standard InChI is InChI=1S/C16H17NO3/c1-17-10-12(11-6-3-2-4-7-11)14(16(18)19)15(17)13-8-5-9-20-13/h2-4,6-7,10,13H,5,8-9H2,1H3,(H,18,19). The van der Waals surface area contributed by atoms with Crippen molar-refractivity contribution in [2.45, 2.75) is 18.9 Å². The zero-order valence-electron chi connectivity index (χ0n) is 11.4. The van der Waals surface area contributed by atoms with Crippen molar-refractivity contribution in [1.29, 1.82) is 0 Å². The van der Waals surface area contributed by atoms with E-state index in [-0.39, 0.29) is 6.10 Å². The number of aromatic nitrogens is 1. The summed E-state index contributed by atoms with van der Waals surface area (Å²) < 4.78 is 7.57. The van der Waals surface area contributed by atoms with E-state index in [0.29, 0.717) is 12.2 Å². The Bertz CT molecular complexity index is 625. The Balaban J connectivity index is 2.16. The Morgan fingerprint density at radius 1 is 1.35 bits per heavy atom. The number of hydrogen-bond donors (Lipinski definition) is 1. The molecule has 0 radical (unpaired) electrons. The Hall–Kier alpha value is -2.07. The second-order valence-corrected chi connectivity index (χ2v) is 5.09. The molecule has 1 saturated heterocycles. The SMILES string of the molecule is Cn1cc(-c2ccccc2)c(C(=O)O)c1C1CCCO1. The third kappa shape index (κ3) is 2.12. The van der Waals surface area contributed by atoms with E-state index >= 15 is 0 Å². The van der Waals surface area contributed by atoms with E-state index in [4.69, 9.17) is 4.74 Å². The molecule has 1 N–H and O–H groups in total. The molecular formula is C16H17NO3. The third-order valence-corrected chi connectivity index (χ3v) is 3.76. The number of carboxylic acids is 1. The molecule has 0 bridgehead atoms. The van der Waals surface area contributed by atoms with Gasteiger partial charge >= 0.3 is 5.97 Å². The van der Waals surface area contributed by atoms with Crippen molar-refractivity contribution >= 4 is 5.97 Å². The third-order valence-electron chi connectivity index (χ3n) is 3.76. The first kappa shape index (κ1) is 12.9. The fourth-order valence-electron chi connectivity index (χ4n) is 2.88. The number of aromatic carboxylic acids is 1. The van der Waals surface area contributed by atoms with E-state index in [2.05, 4.69) is 0 Å². The zero-order chi connectivity index (χ0) is 14.1. The molecule has 4 heteroatoms. The van der Waals surface area contributed by atoms with Gasteiger partial charge in [-0.3, -0.25) is 0 Å². The number of carboxylic acid groups (broad SMARTS) is 1. The van der Waals surface area contributed by atoms with Gasteiger partial charge in [-0.05, 0) is 18.4 Å². The molecule has 1 aliphatic rings. The van der Waals surface area contributed by atoms with Gasteiger partial charge in [-0.1, -0.05) is 30.3 Å². The summed E-state index contributed by atoms with van der Waals surface area (Å²) in [5.74, 6) is -0.894. The molecule has 3 rings (SSSR count). The van der Waals surface area contributed by atoms with Crippen LogP contribution in [0.5, 0.6) is 0 Å². The number of benzene rings is 1. The summed E-state index contributed by atoms with van der Waals surface area (Å²) in [6, 6.07) is 9.62. The van der Waals surface area contributed by atoms with E-state index in [0.717, 1.165) is 29.7 Å². The lowest BCUT2D eigenvalue weighted by Crippen LogP contribution is -2.09. The number of aryl methyl sites for hydroxylation is 1. The Morgan fingerprint density at radius 2 is 2.10 bits per heavy atom. The lowest BCUT2D eigenvalue weighted by molar-refractivity contribution is 0.0679. The second-order valence-electron chi connectivity index (χ2n) is 5.09. The maximum atomic E-state index is 11.7. The highest BCUT2D eigenvalue weighted by Crippen LogP contribution is 2.36. The maximum absolute atomic E-state index is 11.7. The van der Waals surface area contributed by atoms with Crippen LogP contribution < -0.4 is 0 Å². The fourth-order valence-corrected chi connectivity index (χ4v) is 2.88. The monoisotopic (exact) mass is 271 g/mol. The number of nitrogens with zero attached hydrogens (tertiary/aromatic N) is 1. The molecular weight excluding hydrogens is 254 g/mol. The molecule has 1 unspecified atom stereocenters. The summed E-state index contributed by atoms with van der Waals surface area (Å²) in [5, 5.41) is 9.61. The minimum atomic E-state index is -0.894. The van der Waals surface area contributed by atoms with Crippen LogP contribution in [0.15, 0.2) is 36.5 Å². The van der Waals surface area contributed by atoms with Gasteiger partial charge in [-0.15, -0.1) is 0 Å². The molecule has 0 aliphatic carbocycles. The van der Waals surface area contributed by atoms with E-state index < -0.39 is 5.97 Å². The molecule has 20 heavy (non-hydrogen) atoms. The van der Waals surface area contributed by atoms with Gasteiger partial charge in [0.2, 0.25) is 0 Å². The van der Waals surface area contributed by atoms with Crippen LogP contribution in [0.3, 0.4) is 0 Å². The minimum Gasteiger partial charge on any atom is -0.478 e. The summed E-state index contributed by atoms with van der Waals surface area (Å²) in [6.07, 6.45) is 3.64. The molecule has 4 nitrogen and oxygen atoms in total. The number of ether oxygens (including phenoxy) is 1. The van der Waals surface area contributed by atoms with E-state index in [1.807, 2.05) is 48.1 Å². The molecule has 1 atom stereocenters. The quantitative estimate of drug-likeness (QED) is 0.932. The first-order valence-corrected chi connectivity index (χ1v) is 6.78. The van der Waals surface area contributed by atoms with Crippen LogP contribution in [0.25, 0.3) is 11.1 Å². The van der Waals surface area contributed by atoms with Crippen LogP contribution in [-0.2, 0) is 11.8 Å². The Kier molecular flexibility index (Phi) is 3.32. The van der Waals surface area contributed by atoms with Crippen LogP contribution in [-0.4, -0.2) is 22.2 Å². The van der Waals surface area contributed by atoms with Gasteiger partial charge in [0.25, 0.3) is 0 Å². The summed E-state index contributed by atoms with van der Waals surface area (Å²) in [7, 11) is 1.88. The van der Waals surface area contributed by atoms with Gasteiger partial charge in [0.15, 0.2) is 0 Å². The van der Waals surface area contributed by atoms with Gasteiger partial charge in [-0.25, -0.2) is 4.79 Å². The largest absolute Gasteiger partial charge is 0.478 e. The molecule has 1 aromatic carbocycles. The summed E-state index contributed by atoms with van der Waals surface area (Å²) >= 11 is 0. The summed E-state index contributed by atoms with van der Waals surface area (Å²) in [5.41, 5.74) is 2.82. The number of rotatable bonds is 3. The number of hydrogen-bond acceptors (Lipinski definition) is 2. The second kappa shape index (κ2) is 5.13. The highest BCUT2D eigenvalue weighted by molar-refractivity contribution is 5.97. The van der Waals surface area contributed by atoms with Crippen molar-refractivity contribution in [3.05, 3.63) is 47.8 Å². The van der Waals surface area contributed by atoms with E-state index in [9.17, 15) is 9.90 Å². The minimum absolute atomic E-state index is 0.108. The van der Waals surface area contributed by atoms with E-state index in [1.165, 1.54) is 0 Å². The maximum Gasteiger partial charge on any atom is 0.338 e. The number of carbonyl (C=O) groups is 1. The van der Waals surface area contributed by atoms with Crippen LogP contribution >= 0.6 is 0 Å². The predicted octanol–water partition coefficient (Wildman–Crippen LogP) is 3.24. The van der Waals surface area contributed by atoms with Gasteiger partial charge < -0.3 is 14.4 Å².